The van der Waals surface area contributed by atoms with Crippen LogP contribution in [0.5, 0.6) is 0 Å². The first-order valence-corrected chi connectivity index (χ1v) is 11.5. The van der Waals surface area contributed by atoms with Crippen LogP contribution in [0.2, 0.25) is 0 Å². The second-order valence-corrected chi connectivity index (χ2v) is 9.91. The van der Waals surface area contributed by atoms with E-state index in [2.05, 4.69) is 15.9 Å². The summed E-state index contributed by atoms with van der Waals surface area (Å²) in [7, 11) is -3.74. The molecule has 1 atom stereocenters. The van der Waals surface area contributed by atoms with E-state index in [1.54, 1.807) is 31.2 Å². The Kier molecular flexibility index (Phi) is 5.27. The number of thioether (sulfide) groups is 1. The maximum Gasteiger partial charge on any atom is 0.264 e. The molecule has 1 aliphatic heterocycles. The molecule has 0 aromatic heterocycles. The lowest BCUT2D eigenvalue weighted by Crippen LogP contribution is -2.36. The first-order valence-electron chi connectivity index (χ1n) is 8.03. The maximum absolute atomic E-state index is 13.2. The number of hydrogen-bond acceptors (Lipinski definition) is 4. The van der Waals surface area contributed by atoms with Crippen LogP contribution in [-0.4, -0.2) is 30.6 Å². The van der Waals surface area contributed by atoms with Gasteiger partial charge < -0.3 is 5.11 Å². The number of β-amino-alcohol motifs (C(OH)–C–C–N with tert-alkyl or cyclic N) is 1. The zero-order valence-electron chi connectivity index (χ0n) is 14.7. The number of sulfonamides is 1. The van der Waals surface area contributed by atoms with E-state index in [-0.39, 0.29) is 11.4 Å². The minimum Gasteiger partial charge on any atom is -0.378 e. The summed E-state index contributed by atoms with van der Waals surface area (Å²) in [4.78, 5) is 0.874. The lowest BCUT2D eigenvalue weighted by Gasteiger charge is -2.27. The SMILES string of the molecule is CSC1=C(C)N(S(=O)(=O)c2ccc(C)cc2)CC1(O)c1ccc(Br)cc1. The van der Waals surface area contributed by atoms with Crippen molar-refractivity contribution >= 4 is 37.7 Å². The number of hydrogen-bond donors (Lipinski definition) is 1. The van der Waals surface area contributed by atoms with Gasteiger partial charge in [0.25, 0.3) is 10.0 Å². The Labute approximate surface area is 167 Å². The third-order valence-corrected chi connectivity index (χ3v) is 8.01. The van der Waals surface area contributed by atoms with Crippen LogP contribution in [0.3, 0.4) is 0 Å². The van der Waals surface area contributed by atoms with Gasteiger partial charge in [0.2, 0.25) is 0 Å². The van der Waals surface area contributed by atoms with Gasteiger partial charge in [0.05, 0.1) is 11.4 Å². The van der Waals surface area contributed by atoms with E-state index in [0.717, 1.165) is 10.0 Å². The predicted octanol–water partition coefficient (Wildman–Crippen LogP) is 4.24. The Morgan fingerprint density at radius 2 is 1.65 bits per heavy atom. The first-order chi connectivity index (χ1) is 12.2. The van der Waals surface area contributed by atoms with Gasteiger partial charge in [0.1, 0.15) is 5.60 Å². The highest BCUT2D eigenvalue weighted by Gasteiger charge is 2.47. The second kappa shape index (κ2) is 7.03. The summed E-state index contributed by atoms with van der Waals surface area (Å²) in [6.07, 6.45) is 1.85. The number of rotatable bonds is 4. The van der Waals surface area contributed by atoms with Gasteiger partial charge in [-0.15, -0.1) is 11.8 Å². The number of allylic oxidation sites excluding steroid dienone is 1. The van der Waals surface area contributed by atoms with E-state index in [0.29, 0.717) is 16.2 Å². The molecule has 1 aliphatic rings. The van der Waals surface area contributed by atoms with Crippen molar-refractivity contribution in [1.29, 1.82) is 0 Å². The van der Waals surface area contributed by atoms with Crippen molar-refractivity contribution in [1.82, 2.24) is 4.31 Å². The minimum atomic E-state index is -3.74. The van der Waals surface area contributed by atoms with Crippen LogP contribution in [0.15, 0.2) is 68.5 Å². The van der Waals surface area contributed by atoms with Gasteiger partial charge in [-0.1, -0.05) is 45.8 Å². The van der Waals surface area contributed by atoms with Gasteiger partial charge in [-0.2, -0.15) is 0 Å². The Morgan fingerprint density at radius 1 is 1.08 bits per heavy atom. The fraction of sp³-hybridized carbons (Fsp3) is 0.263. The van der Waals surface area contributed by atoms with Gasteiger partial charge in [0, 0.05) is 15.1 Å². The fourth-order valence-electron chi connectivity index (χ4n) is 3.18. The Hall–Kier alpha value is -1.28. The third kappa shape index (κ3) is 3.22. The van der Waals surface area contributed by atoms with E-state index < -0.39 is 15.6 Å². The van der Waals surface area contributed by atoms with E-state index in [4.69, 9.17) is 0 Å². The van der Waals surface area contributed by atoms with Crippen molar-refractivity contribution < 1.29 is 13.5 Å². The number of nitrogens with zero attached hydrogens (tertiary/aromatic N) is 1. The summed E-state index contributed by atoms with van der Waals surface area (Å²) in [5, 5.41) is 11.4. The lowest BCUT2D eigenvalue weighted by molar-refractivity contribution is 0.0861. The highest BCUT2D eigenvalue weighted by molar-refractivity contribution is 9.10. The smallest absolute Gasteiger partial charge is 0.264 e. The molecular formula is C19H20BrNO3S2. The summed E-state index contributed by atoms with van der Waals surface area (Å²) in [6, 6.07) is 14.1. The van der Waals surface area contributed by atoms with Gasteiger partial charge >= 0.3 is 0 Å². The minimum absolute atomic E-state index is 0.0349. The van der Waals surface area contributed by atoms with E-state index in [1.807, 2.05) is 37.4 Å². The van der Waals surface area contributed by atoms with Crippen LogP contribution < -0.4 is 0 Å². The largest absolute Gasteiger partial charge is 0.378 e. The molecule has 1 heterocycles. The van der Waals surface area contributed by atoms with Crippen molar-refractivity contribution in [2.45, 2.75) is 24.3 Å². The summed E-state index contributed by atoms with van der Waals surface area (Å²) < 4.78 is 28.5. The van der Waals surface area contributed by atoms with Crippen LogP contribution >= 0.6 is 27.7 Å². The normalized spacial score (nSPS) is 20.7. The number of aliphatic hydroxyl groups is 1. The molecular weight excluding hydrogens is 434 g/mol. The number of benzene rings is 2. The first kappa shape index (κ1) is 19.5. The van der Waals surface area contributed by atoms with Crippen LogP contribution in [-0.2, 0) is 15.6 Å². The summed E-state index contributed by atoms with van der Waals surface area (Å²) in [6.45, 7) is 3.62. The zero-order chi connectivity index (χ0) is 19.1. The van der Waals surface area contributed by atoms with Gasteiger partial charge in [-0.05, 0) is 49.9 Å². The second-order valence-electron chi connectivity index (χ2n) is 6.31. The Morgan fingerprint density at radius 3 is 2.19 bits per heavy atom. The molecule has 0 aliphatic carbocycles. The third-order valence-electron chi connectivity index (χ3n) is 4.59. The standard InChI is InChI=1S/C19H20BrNO3S2/c1-13-4-10-17(11-5-13)26(23,24)21-12-19(22,18(25-3)14(21)2)15-6-8-16(20)9-7-15/h4-11,22H,12H2,1-3H3. The molecule has 1 unspecified atom stereocenters. The van der Waals surface area contributed by atoms with Crippen LogP contribution in [0, 0.1) is 6.92 Å². The maximum atomic E-state index is 13.2. The monoisotopic (exact) mass is 453 g/mol. The molecule has 26 heavy (non-hydrogen) atoms. The molecule has 2 aromatic carbocycles. The Bertz CT molecular complexity index is 953. The molecule has 2 aromatic rings. The quantitative estimate of drug-likeness (QED) is 0.751. The van der Waals surface area contributed by atoms with Crippen molar-refractivity contribution in [3.8, 4) is 0 Å². The van der Waals surface area contributed by atoms with Gasteiger partial charge in [-0.3, -0.25) is 4.31 Å². The average molecular weight is 454 g/mol. The lowest BCUT2D eigenvalue weighted by atomic mass is 9.95. The molecule has 3 rings (SSSR count). The number of halogens is 1. The topological polar surface area (TPSA) is 57.6 Å². The summed E-state index contributed by atoms with van der Waals surface area (Å²) in [5.41, 5.74) is 0.866. The van der Waals surface area contributed by atoms with Crippen molar-refractivity contribution in [3.05, 3.63) is 74.7 Å². The molecule has 0 spiro atoms. The number of aryl methyl sites for hydroxylation is 1. The zero-order valence-corrected chi connectivity index (χ0v) is 18.0. The molecule has 0 fully saturated rings. The summed E-state index contributed by atoms with van der Waals surface area (Å²) in [5.74, 6) is 0. The van der Waals surface area contributed by atoms with Gasteiger partial charge in [-0.25, -0.2) is 8.42 Å². The van der Waals surface area contributed by atoms with Crippen molar-refractivity contribution in [3.63, 3.8) is 0 Å². The molecule has 0 amide bonds. The predicted molar refractivity (Wildman–Crippen MR) is 109 cm³/mol. The van der Waals surface area contributed by atoms with Crippen LogP contribution in [0.4, 0.5) is 0 Å². The van der Waals surface area contributed by atoms with Crippen molar-refractivity contribution in [2.75, 3.05) is 12.8 Å². The molecule has 0 saturated heterocycles. The Balaban J connectivity index is 2.07. The van der Waals surface area contributed by atoms with Crippen molar-refractivity contribution in [2.24, 2.45) is 0 Å². The molecule has 0 bridgehead atoms. The fourth-order valence-corrected chi connectivity index (χ4v) is 5.97. The molecule has 0 saturated carbocycles. The molecule has 0 radical (unpaired) electrons. The average Bonchev–Trinajstić information content (AvgIpc) is 2.88. The molecule has 7 heteroatoms. The van der Waals surface area contributed by atoms with Crippen LogP contribution in [0.25, 0.3) is 0 Å². The highest BCUT2D eigenvalue weighted by atomic mass is 79.9. The molecule has 138 valence electrons. The van der Waals surface area contributed by atoms with E-state index in [1.165, 1.54) is 16.1 Å². The molecule has 4 nitrogen and oxygen atoms in total. The molecule has 1 N–H and O–H groups in total. The van der Waals surface area contributed by atoms with Gasteiger partial charge in [0.15, 0.2) is 0 Å². The van der Waals surface area contributed by atoms with E-state index in [9.17, 15) is 13.5 Å². The van der Waals surface area contributed by atoms with Crippen LogP contribution in [0.1, 0.15) is 18.1 Å². The van der Waals surface area contributed by atoms with E-state index >= 15 is 0 Å². The summed E-state index contributed by atoms with van der Waals surface area (Å²) >= 11 is 4.77. The highest BCUT2D eigenvalue weighted by Crippen LogP contribution is 2.46.